The Labute approximate surface area is 135 Å². The molecule has 1 aromatic carbocycles. The first kappa shape index (κ1) is 18.1. The highest BCUT2D eigenvalue weighted by atomic mass is 35.5. The van der Waals surface area contributed by atoms with Gasteiger partial charge in [0.2, 0.25) is 0 Å². The minimum absolute atomic E-state index is 0. The van der Waals surface area contributed by atoms with Gasteiger partial charge in [0, 0.05) is 0 Å². The van der Waals surface area contributed by atoms with Crippen LogP contribution in [0.5, 0.6) is 0 Å². The zero-order chi connectivity index (χ0) is 15.2. The van der Waals surface area contributed by atoms with Crippen LogP contribution in [0.3, 0.4) is 0 Å². The predicted octanol–water partition coefficient (Wildman–Crippen LogP) is 1.94. The van der Waals surface area contributed by atoms with Crippen LogP contribution >= 0.6 is 12.4 Å². The quantitative estimate of drug-likeness (QED) is 0.837. The standard InChI is InChI=1S/C14H19N5O2.ClH/c1-3-9-18(10-13(20)21)11(2)14-15-16-17-19(14)12-7-5-4-6-8-12;/h4-8,11H,3,9-10H2,1-2H3,(H,20,21);1H. The van der Waals surface area contributed by atoms with Crippen LogP contribution in [-0.4, -0.2) is 49.3 Å². The van der Waals surface area contributed by atoms with E-state index in [0.717, 1.165) is 12.1 Å². The Morgan fingerprint density at radius 1 is 1.36 bits per heavy atom. The Kier molecular flexibility index (Phi) is 6.94. The summed E-state index contributed by atoms with van der Waals surface area (Å²) in [5.74, 6) is -0.218. The molecule has 0 radical (unpaired) electrons. The van der Waals surface area contributed by atoms with Crippen molar-refractivity contribution in [1.82, 2.24) is 25.1 Å². The number of carbonyl (C=O) groups is 1. The van der Waals surface area contributed by atoms with Crippen molar-refractivity contribution in [1.29, 1.82) is 0 Å². The van der Waals surface area contributed by atoms with Gasteiger partial charge >= 0.3 is 5.97 Å². The number of hydrogen-bond acceptors (Lipinski definition) is 5. The van der Waals surface area contributed by atoms with E-state index < -0.39 is 5.97 Å². The summed E-state index contributed by atoms with van der Waals surface area (Å²) in [6, 6.07) is 9.38. The van der Waals surface area contributed by atoms with E-state index in [4.69, 9.17) is 5.11 Å². The lowest BCUT2D eigenvalue weighted by Gasteiger charge is -2.26. The van der Waals surface area contributed by atoms with E-state index in [0.29, 0.717) is 12.4 Å². The maximum atomic E-state index is 11.0. The van der Waals surface area contributed by atoms with E-state index in [1.165, 1.54) is 0 Å². The van der Waals surface area contributed by atoms with Crippen LogP contribution in [0, 0.1) is 0 Å². The van der Waals surface area contributed by atoms with E-state index in [1.807, 2.05) is 49.1 Å². The van der Waals surface area contributed by atoms with Gasteiger partial charge in [-0.15, -0.1) is 17.5 Å². The summed E-state index contributed by atoms with van der Waals surface area (Å²) in [6.45, 7) is 4.58. The number of benzene rings is 1. The van der Waals surface area contributed by atoms with Crippen molar-refractivity contribution in [2.75, 3.05) is 13.1 Å². The van der Waals surface area contributed by atoms with Gasteiger partial charge in [-0.25, -0.2) is 0 Å². The number of hydrogen-bond donors (Lipinski definition) is 1. The third-order valence-corrected chi connectivity index (χ3v) is 3.26. The van der Waals surface area contributed by atoms with E-state index in [-0.39, 0.29) is 25.0 Å². The van der Waals surface area contributed by atoms with Crippen LogP contribution in [0.2, 0.25) is 0 Å². The largest absolute Gasteiger partial charge is 0.480 e. The molecule has 1 heterocycles. The molecule has 0 bridgehead atoms. The minimum atomic E-state index is -0.853. The number of para-hydroxylation sites is 1. The lowest BCUT2D eigenvalue weighted by atomic mass is 10.2. The molecule has 120 valence electrons. The maximum absolute atomic E-state index is 11.0. The van der Waals surface area contributed by atoms with Gasteiger partial charge in [-0.2, -0.15) is 4.68 Å². The Morgan fingerprint density at radius 3 is 2.64 bits per heavy atom. The topological polar surface area (TPSA) is 84.1 Å². The first-order valence-corrected chi connectivity index (χ1v) is 6.93. The monoisotopic (exact) mass is 325 g/mol. The smallest absolute Gasteiger partial charge is 0.317 e. The Hall–Kier alpha value is -1.99. The summed E-state index contributed by atoms with van der Waals surface area (Å²) in [5, 5.41) is 20.9. The molecule has 0 aliphatic carbocycles. The van der Waals surface area contributed by atoms with Crippen LogP contribution < -0.4 is 0 Å². The second-order valence-electron chi connectivity index (χ2n) is 4.82. The van der Waals surface area contributed by atoms with Gasteiger partial charge < -0.3 is 5.11 Å². The maximum Gasteiger partial charge on any atom is 0.317 e. The van der Waals surface area contributed by atoms with Crippen molar-refractivity contribution in [2.24, 2.45) is 0 Å². The molecule has 7 nitrogen and oxygen atoms in total. The van der Waals surface area contributed by atoms with Crippen molar-refractivity contribution in [3.8, 4) is 5.69 Å². The lowest BCUT2D eigenvalue weighted by Crippen LogP contribution is -2.34. The summed E-state index contributed by atoms with van der Waals surface area (Å²) in [5.41, 5.74) is 0.858. The zero-order valence-corrected chi connectivity index (χ0v) is 13.4. The Bertz CT molecular complexity index is 590. The molecular weight excluding hydrogens is 306 g/mol. The van der Waals surface area contributed by atoms with Crippen molar-refractivity contribution >= 4 is 18.4 Å². The highest BCUT2D eigenvalue weighted by Gasteiger charge is 2.23. The van der Waals surface area contributed by atoms with Crippen molar-refractivity contribution in [3.05, 3.63) is 36.2 Å². The number of carboxylic acids is 1. The highest BCUT2D eigenvalue weighted by molar-refractivity contribution is 5.85. The first-order valence-electron chi connectivity index (χ1n) is 6.93. The summed E-state index contributed by atoms with van der Waals surface area (Å²) in [6.07, 6.45) is 0.866. The normalized spacial score (nSPS) is 12.0. The average Bonchev–Trinajstić information content (AvgIpc) is 2.96. The molecule has 1 atom stereocenters. The van der Waals surface area contributed by atoms with Gasteiger partial charge in [0.15, 0.2) is 5.82 Å². The molecule has 0 saturated heterocycles. The van der Waals surface area contributed by atoms with E-state index in [9.17, 15) is 4.79 Å². The van der Waals surface area contributed by atoms with E-state index in [1.54, 1.807) is 4.68 Å². The van der Waals surface area contributed by atoms with Crippen molar-refractivity contribution in [2.45, 2.75) is 26.3 Å². The average molecular weight is 326 g/mol. The molecule has 0 amide bonds. The number of aromatic nitrogens is 4. The van der Waals surface area contributed by atoms with E-state index >= 15 is 0 Å². The molecule has 1 aromatic heterocycles. The molecule has 2 rings (SSSR count). The number of halogens is 1. The number of rotatable bonds is 7. The molecule has 22 heavy (non-hydrogen) atoms. The fourth-order valence-corrected chi connectivity index (χ4v) is 2.24. The van der Waals surface area contributed by atoms with Gasteiger partial charge in [-0.05, 0) is 42.4 Å². The Morgan fingerprint density at radius 2 is 2.05 bits per heavy atom. The van der Waals surface area contributed by atoms with Gasteiger partial charge in [-0.3, -0.25) is 9.69 Å². The molecule has 0 fully saturated rings. The van der Waals surface area contributed by atoms with Crippen LogP contribution in [0.1, 0.15) is 32.1 Å². The molecule has 2 aromatic rings. The molecule has 1 N–H and O–H groups in total. The molecule has 0 aliphatic rings. The summed E-state index contributed by atoms with van der Waals surface area (Å²) >= 11 is 0. The molecule has 8 heteroatoms. The SMILES string of the molecule is CCCN(CC(=O)O)C(C)c1nnnn1-c1ccccc1.Cl. The van der Waals surface area contributed by atoms with Gasteiger partial charge in [0.05, 0.1) is 18.3 Å². The second kappa shape index (κ2) is 8.45. The molecule has 1 unspecified atom stereocenters. The minimum Gasteiger partial charge on any atom is -0.480 e. The number of aliphatic carboxylic acids is 1. The highest BCUT2D eigenvalue weighted by Crippen LogP contribution is 2.20. The number of carboxylic acid groups (broad SMARTS) is 1. The van der Waals surface area contributed by atoms with E-state index in [2.05, 4.69) is 15.5 Å². The number of tetrazole rings is 1. The van der Waals surface area contributed by atoms with Crippen molar-refractivity contribution in [3.63, 3.8) is 0 Å². The van der Waals surface area contributed by atoms with Crippen molar-refractivity contribution < 1.29 is 9.90 Å². The zero-order valence-electron chi connectivity index (χ0n) is 12.6. The molecule has 0 saturated carbocycles. The summed E-state index contributed by atoms with van der Waals surface area (Å²) in [4.78, 5) is 12.9. The third kappa shape index (κ3) is 4.25. The second-order valence-corrected chi connectivity index (χ2v) is 4.82. The van der Waals surface area contributed by atoms with Crippen LogP contribution in [0.4, 0.5) is 0 Å². The number of nitrogens with zero attached hydrogens (tertiary/aromatic N) is 5. The van der Waals surface area contributed by atoms with Gasteiger partial charge in [-0.1, -0.05) is 25.1 Å². The van der Waals surface area contributed by atoms with Crippen LogP contribution in [0.25, 0.3) is 5.69 Å². The van der Waals surface area contributed by atoms with Gasteiger partial charge in [0.25, 0.3) is 0 Å². The summed E-state index contributed by atoms with van der Waals surface area (Å²) in [7, 11) is 0. The molecular formula is C14H20ClN5O2. The predicted molar refractivity (Wildman–Crippen MR) is 84.3 cm³/mol. The first-order chi connectivity index (χ1) is 10.1. The summed E-state index contributed by atoms with van der Waals surface area (Å²) < 4.78 is 1.65. The lowest BCUT2D eigenvalue weighted by molar-refractivity contribution is -0.138. The van der Waals surface area contributed by atoms with Crippen LogP contribution in [0.15, 0.2) is 30.3 Å². The molecule has 0 aliphatic heterocycles. The molecule has 0 spiro atoms. The third-order valence-electron chi connectivity index (χ3n) is 3.26. The van der Waals surface area contributed by atoms with Gasteiger partial charge in [0.1, 0.15) is 0 Å². The fraction of sp³-hybridized carbons (Fsp3) is 0.429. The van der Waals surface area contributed by atoms with Crippen LogP contribution in [-0.2, 0) is 4.79 Å². The Balaban J connectivity index is 0.00000242. The fourth-order valence-electron chi connectivity index (χ4n) is 2.24.